The molecule has 0 bridgehead atoms. The van der Waals surface area contributed by atoms with Crippen LogP contribution in [0.4, 0.5) is 0 Å². The molecule has 0 aromatic heterocycles. The quantitative estimate of drug-likeness (QED) is 0.684. The van der Waals surface area contributed by atoms with Crippen molar-refractivity contribution >= 4 is 0 Å². The van der Waals surface area contributed by atoms with Crippen molar-refractivity contribution in [2.75, 3.05) is 26.2 Å². The van der Waals surface area contributed by atoms with Crippen LogP contribution < -0.4 is 5.32 Å². The first kappa shape index (κ1) is 11.4. The normalized spacial score (nSPS) is 28.6. The van der Waals surface area contributed by atoms with Gasteiger partial charge < -0.3 is 10.4 Å². The predicted octanol–water partition coefficient (Wildman–Crippen LogP) is 0.831. The molecule has 2 N–H and O–H groups in total. The van der Waals surface area contributed by atoms with E-state index in [-0.39, 0.29) is 6.10 Å². The van der Waals surface area contributed by atoms with E-state index in [1.807, 2.05) is 6.92 Å². The first-order valence-electron chi connectivity index (χ1n) is 6.38. The van der Waals surface area contributed by atoms with Gasteiger partial charge in [0.05, 0.1) is 6.10 Å². The molecule has 0 aromatic rings. The minimum Gasteiger partial charge on any atom is -0.392 e. The predicted molar refractivity (Wildman–Crippen MR) is 61.9 cm³/mol. The number of nitrogens with zero attached hydrogens (tertiary/aromatic N) is 1. The Hall–Kier alpha value is -0.120. The van der Waals surface area contributed by atoms with Crippen molar-refractivity contribution in [2.24, 2.45) is 5.92 Å². The summed E-state index contributed by atoms with van der Waals surface area (Å²) in [5.41, 5.74) is 0. The lowest BCUT2D eigenvalue weighted by Gasteiger charge is -2.26. The van der Waals surface area contributed by atoms with E-state index in [1.54, 1.807) is 0 Å². The van der Waals surface area contributed by atoms with E-state index in [0.29, 0.717) is 6.04 Å². The highest BCUT2D eigenvalue weighted by Crippen LogP contribution is 2.29. The third-order valence-electron chi connectivity index (χ3n) is 3.38. The van der Waals surface area contributed by atoms with Crippen molar-refractivity contribution in [1.82, 2.24) is 10.2 Å². The summed E-state index contributed by atoms with van der Waals surface area (Å²) >= 11 is 0. The molecular formula is C12H24N2O. The highest BCUT2D eigenvalue weighted by Gasteiger charge is 2.26. The summed E-state index contributed by atoms with van der Waals surface area (Å²) in [6, 6.07) is 0.669. The molecule has 2 fully saturated rings. The van der Waals surface area contributed by atoms with Gasteiger partial charge in [-0.25, -0.2) is 0 Å². The van der Waals surface area contributed by atoms with Crippen LogP contribution in [0.1, 0.15) is 32.6 Å². The van der Waals surface area contributed by atoms with Crippen LogP contribution in [0.5, 0.6) is 0 Å². The van der Waals surface area contributed by atoms with Gasteiger partial charge in [0.15, 0.2) is 0 Å². The van der Waals surface area contributed by atoms with Crippen molar-refractivity contribution in [3.63, 3.8) is 0 Å². The summed E-state index contributed by atoms with van der Waals surface area (Å²) in [5, 5.41) is 13.0. The molecule has 2 unspecified atom stereocenters. The second-order valence-corrected chi connectivity index (χ2v) is 5.30. The highest BCUT2D eigenvalue weighted by atomic mass is 16.3. The van der Waals surface area contributed by atoms with E-state index in [2.05, 4.69) is 10.2 Å². The fourth-order valence-corrected chi connectivity index (χ4v) is 2.49. The van der Waals surface area contributed by atoms with Crippen molar-refractivity contribution in [3.05, 3.63) is 0 Å². The van der Waals surface area contributed by atoms with E-state index in [1.165, 1.54) is 38.8 Å². The zero-order valence-corrected chi connectivity index (χ0v) is 9.78. The zero-order chi connectivity index (χ0) is 10.7. The topological polar surface area (TPSA) is 35.5 Å². The SMILES string of the molecule is CC(O)CN(CC1CC1)CC1CCCN1. The molecule has 1 saturated heterocycles. The van der Waals surface area contributed by atoms with Crippen molar-refractivity contribution in [1.29, 1.82) is 0 Å². The van der Waals surface area contributed by atoms with E-state index in [0.717, 1.165) is 19.0 Å². The van der Waals surface area contributed by atoms with Gasteiger partial charge in [0.25, 0.3) is 0 Å². The largest absolute Gasteiger partial charge is 0.392 e. The lowest BCUT2D eigenvalue weighted by Crippen LogP contribution is -2.41. The first-order chi connectivity index (χ1) is 7.24. The van der Waals surface area contributed by atoms with Gasteiger partial charge in [0, 0.05) is 25.7 Å². The van der Waals surface area contributed by atoms with Gasteiger partial charge in [-0.05, 0) is 45.1 Å². The van der Waals surface area contributed by atoms with E-state index < -0.39 is 0 Å². The molecule has 2 rings (SSSR count). The van der Waals surface area contributed by atoms with Crippen molar-refractivity contribution < 1.29 is 5.11 Å². The van der Waals surface area contributed by atoms with Gasteiger partial charge in [-0.3, -0.25) is 4.90 Å². The number of hydrogen-bond donors (Lipinski definition) is 2. The first-order valence-corrected chi connectivity index (χ1v) is 6.38. The van der Waals surface area contributed by atoms with Gasteiger partial charge in [-0.15, -0.1) is 0 Å². The van der Waals surface area contributed by atoms with Gasteiger partial charge in [0.2, 0.25) is 0 Å². The Kier molecular flexibility index (Phi) is 4.00. The van der Waals surface area contributed by atoms with Crippen LogP contribution >= 0.6 is 0 Å². The molecule has 1 heterocycles. The minimum atomic E-state index is -0.190. The Morgan fingerprint density at radius 3 is 2.67 bits per heavy atom. The maximum atomic E-state index is 9.47. The average Bonchev–Trinajstić information content (AvgIpc) is 2.80. The molecule has 3 heteroatoms. The molecule has 0 spiro atoms. The van der Waals surface area contributed by atoms with Crippen molar-refractivity contribution in [2.45, 2.75) is 44.8 Å². The number of nitrogens with one attached hydrogen (secondary N) is 1. The molecule has 0 aromatic carbocycles. The maximum Gasteiger partial charge on any atom is 0.0639 e. The Balaban J connectivity index is 1.74. The van der Waals surface area contributed by atoms with Gasteiger partial charge >= 0.3 is 0 Å². The molecule has 2 aliphatic rings. The van der Waals surface area contributed by atoms with Crippen LogP contribution in [0, 0.1) is 5.92 Å². The second-order valence-electron chi connectivity index (χ2n) is 5.30. The highest BCUT2D eigenvalue weighted by molar-refractivity contribution is 4.83. The van der Waals surface area contributed by atoms with Crippen molar-refractivity contribution in [3.8, 4) is 0 Å². The molecule has 1 aliphatic heterocycles. The minimum absolute atomic E-state index is 0.190. The molecule has 88 valence electrons. The lowest BCUT2D eigenvalue weighted by atomic mass is 10.2. The zero-order valence-electron chi connectivity index (χ0n) is 9.78. The van der Waals surface area contributed by atoms with Crippen LogP contribution in [0.2, 0.25) is 0 Å². The third-order valence-corrected chi connectivity index (χ3v) is 3.38. The molecule has 0 amide bonds. The van der Waals surface area contributed by atoms with E-state index in [9.17, 15) is 5.11 Å². The van der Waals surface area contributed by atoms with E-state index >= 15 is 0 Å². The average molecular weight is 212 g/mol. The molecule has 0 radical (unpaired) electrons. The van der Waals surface area contributed by atoms with E-state index in [4.69, 9.17) is 0 Å². The molecule has 1 aliphatic carbocycles. The molecule has 1 saturated carbocycles. The smallest absolute Gasteiger partial charge is 0.0639 e. The summed E-state index contributed by atoms with van der Waals surface area (Å²) < 4.78 is 0. The van der Waals surface area contributed by atoms with Crippen LogP contribution in [0.25, 0.3) is 0 Å². The van der Waals surface area contributed by atoms with Crippen LogP contribution in [-0.4, -0.2) is 48.3 Å². The number of aliphatic hydroxyl groups is 1. The second kappa shape index (κ2) is 5.28. The standard InChI is InChI=1S/C12H24N2O/c1-10(15)7-14(8-11-4-5-11)9-12-3-2-6-13-12/h10-13,15H,2-9H2,1H3. The summed E-state index contributed by atoms with van der Waals surface area (Å²) in [6.07, 6.45) is 5.23. The van der Waals surface area contributed by atoms with Crippen LogP contribution in [0.15, 0.2) is 0 Å². The summed E-state index contributed by atoms with van der Waals surface area (Å²) in [6.45, 7) is 6.23. The van der Waals surface area contributed by atoms with Gasteiger partial charge in [-0.2, -0.15) is 0 Å². The molecule has 15 heavy (non-hydrogen) atoms. The lowest BCUT2D eigenvalue weighted by molar-refractivity contribution is 0.118. The molecular weight excluding hydrogens is 188 g/mol. The van der Waals surface area contributed by atoms with Crippen LogP contribution in [0.3, 0.4) is 0 Å². The molecule has 3 nitrogen and oxygen atoms in total. The fourth-order valence-electron chi connectivity index (χ4n) is 2.49. The van der Waals surface area contributed by atoms with Gasteiger partial charge in [0.1, 0.15) is 0 Å². The summed E-state index contributed by atoms with van der Waals surface area (Å²) in [5.74, 6) is 0.921. The fraction of sp³-hybridized carbons (Fsp3) is 1.00. The Bertz CT molecular complexity index is 182. The summed E-state index contributed by atoms with van der Waals surface area (Å²) in [4.78, 5) is 2.45. The third kappa shape index (κ3) is 4.09. The Labute approximate surface area is 92.8 Å². The number of aliphatic hydroxyl groups excluding tert-OH is 1. The molecule has 2 atom stereocenters. The van der Waals surface area contributed by atoms with Crippen LogP contribution in [-0.2, 0) is 0 Å². The summed E-state index contributed by atoms with van der Waals surface area (Å²) in [7, 11) is 0. The Morgan fingerprint density at radius 2 is 2.13 bits per heavy atom. The van der Waals surface area contributed by atoms with Gasteiger partial charge in [-0.1, -0.05) is 0 Å². The number of hydrogen-bond acceptors (Lipinski definition) is 3. The Morgan fingerprint density at radius 1 is 1.33 bits per heavy atom. The number of rotatable bonds is 6. The monoisotopic (exact) mass is 212 g/mol. The maximum absolute atomic E-state index is 9.47.